The van der Waals surface area contributed by atoms with Gasteiger partial charge < -0.3 is 10.2 Å². The monoisotopic (exact) mass is 410 g/mol. The van der Waals surface area contributed by atoms with Crippen molar-refractivity contribution in [3.8, 4) is 0 Å². The van der Waals surface area contributed by atoms with Gasteiger partial charge in [0.2, 0.25) is 0 Å². The van der Waals surface area contributed by atoms with Gasteiger partial charge in [0.15, 0.2) is 5.78 Å². The molecule has 0 saturated heterocycles. The molecule has 0 heterocycles. The molecule has 164 valence electrons. The molecule has 0 unspecified atom stereocenters. The van der Waals surface area contributed by atoms with E-state index in [1.165, 1.54) is 31.3 Å². The lowest BCUT2D eigenvalue weighted by atomic mass is 9.61. The predicted octanol–water partition coefficient (Wildman–Crippen LogP) is 5.30. The van der Waals surface area contributed by atoms with Gasteiger partial charge in [-0.2, -0.15) is 0 Å². The molecule has 0 aromatic heterocycles. The molecule has 3 heteroatoms. The van der Waals surface area contributed by atoms with E-state index >= 15 is 0 Å². The molecule has 0 radical (unpaired) electrons. The number of hydrogen-bond acceptors (Lipinski definition) is 3. The van der Waals surface area contributed by atoms with Crippen LogP contribution < -0.4 is 0 Å². The zero-order chi connectivity index (χ0) is 21.5. The van der Waals surface area contributed by atoms with Crippen LogP contribution in [0.3, 0.4) is 0 Å². The van der Waals surface area contributed by atoms with Crippen molar-refractivity contribution in [2.24, 2.45) is 29.1 Å². The molecule has 0 aromatic carbocycles. The van der Waals surface area contributed by atoms with E-state index in [0.29, 0.717) is 42.3 Å². The van der Waals surface area contributed by atoms with Crippen LogP contribution in [0.15, 0.2) is 47.6 Å². The Morgan fingerprint density at radius 3 is 2.70 bits per heavy atom. The molecule has 2 N–H and O–H groups in total. The fourth-order valence-electron chi connectivity index (χ4n) is 6.49. The molecule has 3 nitrogen and oxygen atoms in total. The molecule has 30 heavy (non-hydrogen) atoms. The van der Waals surface area contributed by atoms with E-state index in [1.807, 2.05) is 6.08 Å². The second-order valence-electron chi connectivity index (χ2n) is 10.6. The van der Waals surface area contributed by atoms with E-state index in [0.717, 1.165) is 30.4 Å². The van der Waals surface area contributed by atoms with Crippen LogP contribution in [0.25, 0.3) is 0 Å². The quantitative estimate of drug-likeness (QED) is 0.605. The Hall–Kier alpha value is -1.45. The highest BCUT2D eigenvalue weighted by Gasteiger charge is 2.50. The molecule has 4 aliphatic carbocycles. The topological polar surface area (TPSA) is 57.5 Å². The van der Waals surface area contributed by atoms with Gasteiger partial charge in [-0.05, 0) is 91.8 Å². The first-order chi connectivity index (χ1) is 14.3. The van der Waals surface area contributed by atoms with Crippen LogP contribution in [0, 0.1) is 29.1 Å². The molecule has 4 saturated carbocycles. The zero-order valence-electron chi connectivity index (χ0n) is 18.6. The highest BCUT2D eigenvalue weighted by molar-refractivity contribution is 5.93. The van der Waals surface area contributed by atoms with Gasteiger partial charge in [0.1, 0.15) is 0 Å². The van der Waals surface area contributed by atoms with Gasteiger partial charge >= 0.3 is 0 Å². The summed E-state index contributed by atoms with van der Waals surface area (Å²) in [5, 5.41) is 20.1. The molecule has 0 amide bonds. The Kier molecular flexibility index (Phi) is 6.23. The summed E-state index contributed by atoms with van der Waals surface area (Å²) in [5.74, 6) is 2.28. The average molecular weight is 411 g/mol. The third-order valence-electron chi connectivity index (χ3n) is 8.48. The number of carbonyl (C=O) groups is 1. The summed E-state index contributed by atoms with van der Waals surface area (Å²) >= 11 is 0. The Balaban J connectivity index is 1.49. The summed E-state index contributed by atoms with van der Waals surface area (Å²) in [7, 11) is 0. The largest absolute Gasteiger partial charge is 0.393 e. The summed E-state index contributed by atoms with van der Waals surface area (Å²) in [6.45, 7) is 8.81. The fraction of sp³-hybridized carbons (Fsp3) is 0.667. The van der Waals surface area contributed by atoms with Crippen molar-refractivity contribution in [2.75, 3.05) is 0 Å². The number of aliphatic hydroxyl groups excluding tert-OH is 2. The summed E-state index contributed by atoms with van der Waals surface area (Å²) in [5.41, 5.74) is 3.56. The smallest absolute Gasteiger partial charge is 0.158 e. The van der Waals surface area contributed by atoms with Gasteiger partial charge in [0.25, 0.3) is 0 Å². The second kappa shape index (κ2) is 8.59. The maximum atomic E-state index is 12.1. The first kappa shape index (κ1) is 21.8. The van der Waals surface area contributed by atoms with Gasteiger partial charge in [-0.3, -0.25) is 4.79 Å². The van der Waals surface area contributed by atoms with Crippen molar-refractivity contribution >= 4 is 5.78 Å². The van der Waals surface area contributed by atoms with Crippen molar-refractivity contribution in [3.63, 3.8) is 0 Å². The van der Waals surface area contributed by atoms with Gasteiger partial charge in [-0.15, -0.1) is 0 Å². The Labute approximate surface area is 181 Å². The Morgan fingerprint density at radius 1 is 1.20 bits per heavy atom. The van der Waals surface area contributed by atoms with E-state index in [2.05, 4.69) is 38.7 Å². The molecular weight excluding hydrogens is 372 g/mol. The SMILES string of the molecule is C=C1C(=C/C=C2\CCC[C@]3(C)[C@@H]([C@H](C)/C=C/C(=O)C4CC4)CC[C@@H]23)C[C@@H](O)C[C@@H]1O. The number of hydrogen-bond donors (Lipinski definition) is 2. The fourth-order valence-corrected chi connectivity index (χ4v) is 6.49. The lowest BCUT2D eigenvalue weighted by Crippen LogP contribution is -2.35. The normalized spacial score (nSPS) is 40.9. The summed E-state index contributed by atoms with van der Waals surface area (Å²) in [4.78, 5) is 12.1. The molecule has 0 bridgehead atoms. The van der Waals surface area contributed by atoms with E-state index in [-0.39, 0.29) is 5.41 Å². The Bertz CT molecular complexity index is 784. The predicted molar refractivity (Wildman–Crippen MR) is 121 cm³/mol. The first-order valence-electron chi connectivity index (χ1n) is 12.0. The Morgan fingerprint density at radius 2 is 1.97 bits per heavy atom. The van der Waals surface area contributed by atoms with Crippen molar-refractivity contribution in [1.82, 2.24) is 0 Å². The summed E-state index contributed by atoms with van der Waals surface area (Å²) in [6, 6.07) is 0. The number of rotatable bonds is 5. The van der Waals surface area contributed by atoms with Crippen LogP contribution in [0.2, 0.25) is 0 Å². The van der Waals surface area contributed by atoms with E-state index in [4.69, 9.17) is 0 Å². The van der Waals surface area contributed by atoms with Gasteiger partial charge in [0, 0.05) is 12.3 Å². The minimum atomic E-state index is -0.628. The van der Waals surface area contributed by atoms with Crippen molar-refractivity contribution < 1.29 is 15.0 Å². The molecule has 4 rings (SSSR count). The second-order valence-corrected chi connectivity index (χ2v) is 10.6. The summed E-state index contributed by atoms with van der Waals surface area (Å²) < 4.78 is 0. The van der Waals surface area contributed by atoms with Crippen LogP contribution in [0.1, 0.15) is 71.6 Å². The van der Waals surface area contributed by atoms with E-state index < -0.39 is 12.2 Å². The number of carbonyl (C=O) groups excluding carboxylic acids is 1. The van der Waals surface area contributed by atoms with Crippen molar-refractivity contribution in [2.45, 2.75) is 83.8 Å². The lowest BCUT2D eigenvalue weighted by molar-refractivity contribution is -0.115. The summed E-state index contributed by atoms with van der Waals surface area (Å²) in [6.07, 6.45) is 16.5. The molecule has 4 aliphatic rings. The van der Waals surface area contributed by atoms with Crippen LogP contribution >= 0.6 is 0 Å². The van der Waals surface area contributed by atoms with Crippen LogP contribution in [0.5, 0.6) is 0 Å². The van der Waals surface area contributed by atoms with Gasteiger partial charge in [-0.25, -0.2) is 0 Å². The number of fused-ring (bicyclic) bond motifs is 1. The average Bonchev–Trinajstić information content (AvgIpc) is 3.49. The van der Waals surface area contributed by atoms with E-state index in [9.17, 15) is 15.0 Å². The minimum absolute atomic E-state index is 0.289. The van der Waals surface area contributed by atoms with Crippen molar-refractivity contribution in [1.29, 1.82) is 0 Å². The van der Waals surface area contributed by atoms with Gasteiger partial charge in [-0.1, -0.05) is 44.2 Å². The third kappa shape index (κ3) is 4.29. The number of allylic oxidation sites excluding steroid dienone is 5. The van der Waals surface area contributed by atoms with Crippen molar-refractivity contribution in [3.05, 3.63) is 47.6 Å². The third-order valence-corrected chi connectivity index (χ3v) is 8.48. The molecule has 0 aromatic rings. The molecule has 0 aliphatic heterocycles. The van der Waals surface area contributed by atoms with Crippen LogP contribution in [-0.4, -0.2) is 28.2 Å². The molecule has 4 fully saturated rings. The molecule has 0 spiro atoms. The standard InChI is InChI=1S/C27H38O3/c1-17(6-13-25(29)20-8-9-20)23-11-12-24-19(5-4-14-27(23,24)3)7-10-21-15-22(28)16-26(30)18(21)2/h6-7,10,13,17,20,22-24,26,28,30H,2,4-5,8-9,11-12,14-16H2,1,3H3/b13-6+,19-7+,21-10?/t17-,22-,23-,24+,26+,27-/m1/s1. The molecular formula is C27H38O3. The van der Waals surface area contributed by atoms with Gasteiger partial charge in [0.05, 0.1) is 12.2 Å². The zero-order valence-corrected chi connectivity index (χ0v) is 18.6. The van der Waals surface area contributed by atoms with Crippen LogP contribution in [0.4, 0.5) is 0 Å². The number of ketones is 1. The minimum Gasteiger partial charge on any atom is -0.393 e. The maximum Gasteiger partial charge on any atom is 0.158 e. The first-order valence-corrected chi connectivity index (χ1v) is 12.0. The van der Waals surface area contributed by atoms with Crippen LogP contribution in [-0.2, 0) is 4.79 Å². The van der Waals surface area contributed by atoms with E-state index in [1.54, 1.807) is 0 Å². The number of aliphatic hydroxyl groups is 2. The maximum absolute atomic E-state index is 12.1. The highest BCUT2D eigenvalue weighted by atomic mass is 16.3. The molecule has 6 atom stereocenters. The highest BCUT2D eigenvalue weighted by Crippen LogP contribution is 2.59. The lowest BCUT2D eigenvalue weighted by Gasteiger charge is -2.44.